The molecule has 152 valence electrons. The molecule has 0 radical (unpaired) electrons. The molecule has 0 spiro atoms. The van der Waals surface area contributed by atoms with Crippen LogP contribution in [0, 0.1) is 0 Å². The molecule has 0 aliphatic rings. The van der Waals surface area contributed by atoms with Crippen LogP contribution in [0.3, 0.4) is 0 Å². The van der Waals surface area contributed by atoms with Gasteiger partial charge in [-0.25, -0.2) is 4.98 Å². The number of amides is 1. The van der Waals surface area contributed by atoms with Crippen molar-refractivity contribution < 1.29 is 14.3 Å². The topological polar surface area (TPSA) is 51.7 Å². The van der Waals surface area contributed by atoms with Crippen molar-refractivity contribution in [3.8, 4) is 11.5 Å². The number of benzene rings is 2. The summed E-state index contributed by atoms with van der Waals surface area (Å²) < 4.78 is 10.8. The van der Waals surface area contributed by atoms with Gasteiger partial charge in [0.2, 0.25) is 0 Å². The molecule has 0 aliphatic heterocycles. The first-order valence-electron chi connectivity index (χ1n) is 9.56. The van der Waals surface area contributed by atoms with Gasteiger partial charge in [-0.2, -0.15) is 0 Å². The first-order valence-corrected chi connectivity index (χ1v) is 10.4. The van der Waals surface area contributed by atoms with Crippen molar-refractivity contribution in [2.24, 2.45) is 0 Å². The summed E-state index contributed by atoms with van der Waals surface area (Å²) in [7, 11) is 3.27. The molecule has 2 aromatic carbocycles. The second kappa shape index (κ2) is 8.97. The van der Waals surface area contributed by atoms with Gasteiger partial charge in [0, 0.05) is 15.8 Å². The highest BCUT2D eigenvalue weighted by molar-refractivity contribution is 7.09. The van der Waals surface area contributed by atoms with Gasteiger partial charge in [0.1, 0.15) is 17.2 Å². The largest absolute Gasteiger partial charge is 0.497 e. The van der Waals surface area contributed by atoms with E-state index in [1.807, 2.05) is 66.0 Å². The minimum Gasteiger partial charge on any atom is -0.497 e. The number of fused-ring (bicyclic) bond motifs is 1. The molecule has 4 aromatic rings. The number of nitrogens with zero attached hydrogens (tertiary/aromatic N) is 2. The monoisotopic (exact) mass is 418 g/mol. The molecule has 0 saturated heterocycles. The fraction of sp³-hybridized carbons (Fsp3) is 0.167. The van der Waals surface area contributed by atoms with E-state index in [-0.39, 0.29) is 5.91 Å². The first-order chi connectivity index (χ1) is 14.7. The quantitative estimate of drug-likeness (QED) is 0.416. The average Bonchev–Trinajstić information content (AvgIpc) is 3.31. The van der Waals surface area contributed by atoms with Crippen LogP contribution in [-0.2, 0) is 13.1 Å². The summed E-state index contributed by atoms with van der Waals surface area (Å²) in [6, 6.07) is 21.1. The summed E-state index contributed by atoms with van der Waals surface area (Å²) in [6.45, 7) is 0.944. The SMILES string of the molecule is COc1ccc2nc(C(=O)N(Cc3cccs3)Cc3ccccc3OC)ccc2c1. The molecule has 6 heteroatoms. The lowest BCUT2D eigenvalue weighted by Gasteiger charge is -2.23. The number of rotatable bonds is 7. The zero-order valence-corrected chi connectivity index (χ0v) is 17.7. The Morgan fingerprint density at radius 2 is 1.83 bits per heavy atom. The lowest BCUT2D eigenvalue weighted by Crippen LogP contribution is -2.30. The fourth-order valence-corrected chi connectivity index (χ4v) is 4.06. The highest BCUT2D eigenvalue weighted by Gasteiger charge is 2.20. The molecule has 5 nitrogen and oxygen atoms in total. The van der Waals surface area contributed by atoms with Crippen LogP contribution in [-0.4, -0.2) is 30.0 Å². The lowest BCUT2D eigenvalue weighted by atomic mass is 10.1. The van der Waals surface area contributed by atoms with Crippen LogP contribution in [0.2, 0.25) is 0 Å². The van der Waals surface area contributed by atoms with Crippen LogP contribution < -0.4 is 9.47 Å². The van der Waals surface area contributed by atoms with Crippen molar-refractivity contribution in [2.75, 3.05) is 14.2 Å². The number of carbonyl (C=O) groups is 1. The first kappa shape index (κ1) is 19.9. The Balaban J connectivity index is 1.67. The smallest absolute Gasteiger partial charge is 0.273 e. The summed E-state index contributed by atoms with van der Waals surface area (Å²) in [6.07, 6.45) is 0. The minimum absolute atomic E-state index is 0.118. The van der Waals surface area contributed by atoms with Crippen LogP contribution >= 0.6 is 11.3 Å². The molecule has 0 unspecified atom stereocenters. The maximum Gasteiger partial charge on any atom is 0.273 e. The molecule has 0 fully saturated rings. The Bertz CT molecular complexity index is 1160. The maximum atomic E-state index is 13.4. The van der Waals surface area contributed by atoms with E-state index in [0.29, 0.717) is 18.8 Å². The minimum atomic E-state index is -0.118. The number of hydrogen-bond donors (Lipinski definition) is 0. The standard InChI is InChI=1S/C24H22N2O3S/c1-28-19-10-12-21-17(14-19)9-11-22(25-21)24(27)26(16-20-7-5-13-30-20)15-18-6-3-4-8-23(18)29-2/h3-14H,15-16H2,1-2H3. The predicted molar refractivity (Wildman–Crippen MR) is 119 cm³/mol. The van der Waals surface area contributed by atoms with Gasteiger partial charge >= 0.3 is 0 Å². The summed E-state index contributed by atoms with van der Waals surface area (Å²) in [5, 5.41) is 2.95. The van der Waals surface area contributed by atoms with Gasteiger partial charge in [-0.1, -0.05) is 30.3 Å². The van der Waals surface area contributed by atoms with Gasteiger partial charge in [-0.15, -0.1) is 11.3 Å². The Hall–Kier alpha value is -3.38. The Kier molecular flexibility index (Phi) is 5.95. The van der Waals surface area contributed by atoms with Crippen molar-refractivity contribution in [1.82, 2.24) is 9.88 Å². The van der Waals surface area contributed by atoms with Crippen molar-refractivity contribution in [3.63, 3.8) is 0 Å². The van der Waals surface area contributed by atoms with Gasteiger partial charge in [0.15, 0.2) is 0 Å². The van der Waals surface area contributed by atoms with Gasteiger partial charge < -0.3 is 14.4 Å². The summed E-state index contributed by atoms with van der Waals surface area (Å²) >= 11 is 1.63. The number of carbonyl (C=O) groups excluding carboxylic acids is 1. The maximum absolute atomic E-state index is 13.4. The molecule has 0 bridgehead atoms. The van der Waals surface area contributed by atoms with Gasteiger partial charge in [0.25, 0.3) is 5.91 Å². The van der Waals surface area contributed by atoms with E-state index in [1.54, 1.807) is 36.5 Å². The molecular weight excluding hydrogens is 396 g/mol. The van der Waals surface area contributed by atoms with Crippen LogP contribution in [0.4, 0.5) is 0 Å². The molecule has 0 atom stereocenters. The van der Waals surface area contributed by atoms with Crippen molar-refractivity contribution in [1.29, 1.82) is 0 Å². The Morgan fingerprint density at radius 3 is 2.60 bits per heavy atom. The molecule has 0 N–H and O–H groups in total. The molecule has 2 heterocycles. The number of hydrogen-bond acceptors (Lipinski definition) is 5. The van der Waals surface area contributed by atoms with Crippen molar-refractivity contribution >= 4 is 28.1 Å². The third-order valence-corrected chi connectivity index (χ3v) is 5.74. The molecule has 4 rings (SSSR count). The summed E-state index contributed by atoms with van der Waals surface area (Å²) in [4.78, 5) is 21.0. The molecule has 2 aromatic heterocycles. The van der Waals surface area contributed by atoms with Crippen LogP contribution in [0.5, 0.6) is 11.5 Å². The molecule has 0 saturated carbocycles. The van der Waals surface area contributed by atoms with Gasteiger partial charge in [0.05, 0.1) is 32.8 Å². The molecular formula is C24H22N2O3S. The average molecular weight is 419 g/mol. The van der Waals surface area contributed by atoms with Crippen LogP contribution in [0.25, 0.3) is 10.9 Å². The Labute approximate surface area is 179 Å². The van der Waals surface area contributed by atoms with Gasteiger partial charge in [-0.3, -0.25) is 4.79 Å². The third-order valence-electron chi connectivity index (χ3n) is 4.88. The number of ether oxygens (including phenoxy) is 2. The van der Waals surface area contributed by atoms with E-state index in [1.165, 1.54) is 0 Å². The van der Waals surface area contributed by atoms with Gasteiger partial charge in [-0.05, 0) is 41.8 Å². The van der Waals surface area contributed by atoms with E-state index < -0.39 is 0 Å². The fourth-order valence-electron chi connectivity index (χ4n) is 3.34. The van der Waals surface area contributed by atoms with E-state index in [0.717, 1.165) is 32.8 Å². The van der Waals surface area contributed by atoms with Crippen molar-refractivity contribution in [3.05, 3.63) is 88.2 Å². The number of thiophene rings is 1. The van der Waals surface area contributed by atoms with E-state index in [9.17, 15) is 4.79 Å². The number of aromatic nitrogens is 1. The van der Waals surface area contributed by atoms with E-state index >= 15 is 0 Å². The van der Waals surface area contributed by atoms with E-state index in [2.05, 4.69) is 4.98 Å². The summed E-state index contributed by atoms with van der Waals surface area (Å²) in [5.74, 6) is 1.41. The second-order valence-electron chi connectivity index (χ2n) is 6.81. The zero-order chi connectivity index (χ0) is 20.9. The highest BCUT2D eigenvalue weighted by atomic mass is 32.1. The molecule has 1 amide bonds. The molecule has 0 aliphatic carbocycles. The van der Waals surface area contributed by atoms with Crippen LogP contribution in [0.15, 0.2) is 72.1 Å². The predicted octanol–water partition coefficient (Wildman–Crippen LogP) is 5.16. The molecule has 30 heavy (non-hydrogen) atoms. The van der Waals surface area contributed by atoms with E-state index in [4.69, 9.17) is 9.47 Å². The highest BCUT2D eigenvalue weighted by Crippen LogP contribution is 2.24. The number of pyridine rings is 1. The summed E-state index contributed by atoms with van der Waals surface area (Å²) in [5.41, 5.74) is 2.13. The Morgan fingerprint density at radius 1 is 0.967 bits per heavy atom. The lowest BCUT2D eigenvalue weighted by molar-refractivity contribution is 0.0725. The van der Waals surface area contributed by atoms with Crippen LogP contribution in [0.1, 0.15) is 20.9 Å². The number of para-hydroxylation sites is 1. The number of methoxy groups -OCH3 is 2. The third kappa shape index (κ3) is 4.28. The normalized spacial score (nSPS) is 10.7. The van der Waals surface area contributed by atoms with Crippen molar-refractivity contribution in [2.45, 2.75) is 13.1 Å². The zero-order valence-electron chi connectivity index (χ0n) is 16.9. The second-order valence-corrected chi connectivity index (χ2v) is 7.84.